The molecule has 2 saturated heterocycles. The van der Waals surface area contributed by atoms with Gasteiger partial charge in [-0.25, -0.2) is 9.59 Å². The summed E-state index contributed by atoms with van der Waals surface area (Å²) in [4.78, 5) is 78.4. The smallest absolute Gasteiger partial charge is 0.328 e. The van der Waals surface area contributed by atoms with Gasteiger partial charge < -0.3 is 52.3 Å². The lowest BCUT2D eigenvalue weighted by atomic mass is 9.86. The molecule has 2 fully saturated rings. The molecule has 4 amide bonds. The van der Waals surface area contributed by atoms with Crippen molar-refractivity contribution in [2.24, 2.45) is 35.1 Å². The molecule has 10 N–H and O–H groups in total. The minimum absolute atomic E-state index is 0.0257. The number of carbonyl (C=O) groups excluding carboxylic acids is 4. The van der Waals surface area contributed by atoms with E-state index in [1.165, 1.54) is 0 Å². The standard InChI is InChI=1S/2C27H37ClN4O3.C4H4O4/c2*1-18(2)20(26(35)30-19-10-6-5-7-11-19)14-24(33)22(29)15-31-16-25(34)32(17-27(31,3)4)23-13-9-8-12-21(23)28;5-3(6)1-2-4(7)8/h2*5-13,18,20,22,24,33H,14-17,29H2,1-4H3,(H,30,35);1-2H,(H,5,6)(H,7,8)/b;;2-1+/t2*20-,22-,24-;/m00./s1. The van der Waals surface area contributed by atoms with E-state index in [2.05, 4.69) is 10.6 Å². The number of hydrogen-bond donors (Lipinski definition) is 8. The van der Waals surface area contributed by atoms with Crippen molar-refractivity contribution in [3.05, 3.63) is 131 Å². The molecule has 0 unspecified atom stereocenters. The monoisotopic (exact) mass is 1120 g/mol. The van der Waals surface area contributed by atoms with Gasteiger partial charge in [-0.2, -0.15) is 0 Å². The van der Waals surface area contributed by atoms with Gasteiger partial charge in [0.15, 0.2) is 0 Å². The fraction of sp³-hybridized carbons (Fsp3) is 0.448. The van der Waals surface area contributed by atoms with Gasteiger partial charge in [0, 0.05) is 84.7 Å². The third-order valence-electron chi connectivity index (χ3n) is 13.9. The van der Waals surface area contributed by atoms with Gasteiger partial charge in [-0.3, -0.25) is 29.0 Å². The predicted octanol–water partition coefficient (Wildman–Crippen LogP) is 7.22. The molecule has 4 aromatic rings. The minimum atomic E-state index is -1.26. The zero-order chi connectivity index (χ0) is 58.1. The number of carboxylic acids is 2. The first-order valence-electron chi connectivity index (χ1n) is 25.9. The number of nitrogens with two attached hydrogens (primary N) is 2. The zero-order valence-electron chi connectivity index (χ0n) is 45.8. The van der Waals surface area contributed by atoms with Crippen LogP contribution >= 0.6 is 23.2 Å². The van der Waals surface area contributed by atoms with Crippen molar-refractivity contribution in [3.8, 4) is 0 Å². The van der Waals surface area contributed by atoms with E-state index in [4.69, 9.17) is 44.9 Å². The van der Waals surface area contributed by atoms with E-state index in [9.17, 15) is 39.0 Å². The van der Waals surface area contributed by atoms with E-state index in [-0.39, 0.29) is 72.5 Å². The second-order valence-corrected chi connectivity index (χ2v) is 22.4. The Kier molecular flexibility index (Phi) is 24.5. The summed E-state index contributed by atoms with van der Waals surface area (Å²) in [5.41, 5.74) is 14.9. The molecular formula is C58H78Cl2N8O10. The van der Waals surface area contributed by atoms with Crippen LogP contribution in [0.3, 0.4) is 0 Å². The third kappa shape index (κ3) is 19.3. The van der Waals surface area contributed by atoms with Gasteiger partial charge in [0.2, 0.25) is 23.6 Å². The Morgan fingerprint density at radius 3 is 1.17 bits per heavy atom. The average Bonchev–Trinajstić information content (AvgIpc) is 3.43. The first-order chi connectivity index (χ1) is 36.6. The summed E-state index contributed by atoms with van der Waals surface area (Å²) < 4.78 is 0. The van der Waals surface area contributed by atoms with E-state index in [1.54, 1.807) is 21.9 Å². The molecule has 424 valence electrons. The summed E-state index contributed by atoms with van der Waals surface area (Å²) in [6.45, 7) is 17.9. The average molecular weight is 1120 g/mol. The van der Waals surface area contributed by atoms with Gasteiger partial charge >= 0.3 is 11.9 Å². The van der Waals surface area contributed by atoms with Crippen LogP contribution in [0.15, 0.2) is 121 Å². The normalized spacial score (nSPS) is 17.9. The second-order valence-electron chi connectivity index (χ2n) is 21.6. The molecule has 0 aliphatic carbocycles. The van der Waals surface area contributed by atoms with Gasteiger partial charge in [0.05, 0.1) is 46.7 Å². The van der Waals surface area contributed by atoms with E-state index in [0.717, 1.165) is 11.4 Å². The first-order valence-corrected chi connectivity index (χ1v) is 26.7. The van der Waals surface area contributed by atoms with Crippen LogP contribution < -0.4 is 31.9 Å². The second kappa shape index (κ2) is 29.7. The van der Waals surface area contributed by atoms with E-state index < -0.39 is 48.1 Å². The van der Waals surface area contributed by atoms with Crippen LogP contribution in [0.2, 0.25) is 10.0 Å². The maximum atomic E-state index is 13.0. The molecule has 6 rings (SSSR count). The molecule has 0 saturated carbocycles. The van der Waals surface area contributed by atoms with Gasteiger partial charge in [0.25, 0.3) is 0 Å². The van der Waals surface area contributed by atoms with Crippen molar-refractivity contribution in [3.63, 3.8) is 0 Å². The van der Waals surface area contributed by atoms with Crippen LogP contribution in [0.4, 0.5) is 22.7 Å². The molecule has 2 aliphatic rings. The highest BCUT2D eigenvalue weighted by atomic mass is 35.5. The number of aliphatic hydroxyl groups is 2. The lowest BCUT2D eigenvalue weighted by Crippen LogP contribution is -2.64. The number of hydrogen-bond acceptors (Lipinski definition) is 12. The Balaban J connectivity index is 0.000000295. The van der Waals surface area contributed by atoms with Crippen molar-refractivity contribution in [2.75, 3.05) is 59.7 Å². The summed E-state index contributed by atoms with van der Waals surface area (Å²) in [6, 6.07) is 31.9. The molecule has 20 heteroatoms. The molecule has 78 heavy (non-hydrogen) atoms. The molecule has 0 radical (unpaired) electrons. The van der Waals surface area contributed by atoms with Crippen LogP contribution in [-0.2, 0) is 28.8 Å². The number of aliphatic hydroxyl groups excluding tert-OH is 2. The number of nitrogens with one attached hydrogen (secondary N) is 2. The summed E-state index contributed by atoms with van der Waals surface area (Å²) in [7, 11) is 0. The minimum Gasteiger partial charge on any atom is -0.478 e. The molecule has 0 spiro atoms. The third-order valence-corrected chi connectivity index (χ3v) is 14.6. The van der Waals surface area contributed by atoms with E-state index >= 15 is 0 Å². The topological polar surface area (TPSA) is 272 Å². The number of amides is 4. The molecular weight excluding hydrogens is 1040 g/mol. The number of benzene rings is 4. The summed E-state index contributed by atoms with van der Waals surface area (Å²) in [5, 5.41) is 44.4. The number of para-hydroxylation sites is 4. The number of anilines is 4. The Bertz CT molecular complexity index is 2480. The fourth-order valence-corrected chi connectivity index (χ4v) is 9.60. The Morgan fingerprint density at radius 1 is 0.564 bits per heavy atom. The number of carbonyl (C=O) groups is 6. The molecule has 2 heterocycles. The molecule has 6 atom stereocenters. The van der Waals surface area contributed by atoms with E-state index in [1.807, 2.05) is 162 Å². The van der Waals surface area contributed by atoms with Gasteiger partial charge in [-0.1, -0.05) is 112 Å². The van der Waals surface area contributed by atoms with Crippen LogP contribution in [0, 0.1) is 23.7 Å². The van der Waals surface area contributed by atoms with Crippen molar-refractivity contribution in [2.45, 2.75) is 104 Å². The Labute approximate surface area is 468 Å². The number of piperazine rings is 2. The number of rotatable bonds is 20. The molecule has 0 bridgehead atoms. The number of aliphatic carboxylic acids is 2. The summed E-state index contributed by atoms with van der Waals surface area (Å²) >= 11 is 12.7. The van der Waals surface area contributed by atoms with Crippen LogP contribution in [0.5, 0.6) is 0 Å². The highest BCUT2D eigenvalue weighted by Gasteiger charge is 2.42. The van der Waals surface area contributed by atoms with Crippen LogP contribution in [-0.4, -0.2) is 140 Å². The SMILES string of the molecule is CC(C)[C@H](C[C@H](O)[C@@H](N)CN1CC(=O)N(c2ccccc2Cl)CC1(C)C)C(=O)Nc1ccccc1.CC(C)[C@H](C[C@H](O)[C@@H](N)CN1CC(=O)N(c2ccccc2Cl)CC1(C)C)C(=O)Nc1ccccc1.O=C(O)/C=C/C(=O)O. The van der Waals surface area contributed by atoms with Gasteiger partial charge in [-0.15, -0.1) is 0 Å². The number of carboxylic acid groups (broad SMARTS) is 2. The summed E-state index contributed by atoms with van der Waals surface area (Å²) in [5.74, 6) is -3.67. The summed E-state index contributed by atoms with van der Waals surface area (Å²) in [6.07, 6.45) is -0.186. The lowest BCUT2D eigenvalue weighted by molar-refractivity contribution is -0.134. The Morgan fingerprint density at radius 2 is 0.872 bits per heavy atom. The van der Waals surface area contributed by atoms with Crippen LogP contribution in [0.1, 0.15) is 68.2 Å². The van der Waals surface area contributed by atoms with Crippen LogP contribution in [0.25, 0.3) is 0 Å². The quantitative estimate of drug-likeness (QED) is 0.0406. The highest BCUT2D eigenvalue weighted by molar-refractivity contribution is 6.34. The maximum Gasteiger partial charge on any atom is 0.328 e. The zero-order valence-corrected chi connectivity index (χ0v) is 47.3. The predicted molar refractivity (Wildman–Crippen MR) is 307 cm³/mol. The molecule has 4 aromatic carbocycles. The molecule has 18 nitrogen and oxygen atoms in total. The lowest BCUT2D eigenvalue weighted by Gasteiger charge is -2.47. The van der Waals surface area contributed by atoms with E-state index in [0.29, 0.717) is 59.8 Å². The fourth-order valence-electron chi connectivity index (χ4n) is 9.12. The van der Waals surface area contributed by atoms with Crippen molar-refractivity contribution in [1.82, 2.24) is 9.80 Å². The number of nitrogens with zero attached hydrogens (tertiary/aromatic N) is 4. The first kappa shape index (κ1) is 64.3. The van der Waals surface area contributed by atoms with Crippen molar-refractivity contribution < 1.29 is 49.2 Å². The number of halogens is 2. The van der Waals surface area contributed by atoms with Gasteiger partial charge in [-0.05, 0) is 101 Å². The highest BCUT2D eigenvalue weighted by Crippen LogP contribution is 2.34. The van der Waals surface area contributed by atoms with Gasteiger partial charge in [0.1, 0.15) is 0 Å². The Hall–Kier alpha value is -6.22. The largest absolute Gasteiger partial charge is 0.478 e. The molecule has 0 aromatic heterocycles. The van der Waals surface area contributed by atoms with Crippen molar-refractivity contribution >= 4 is 81.5 Å². The molecule has 2 aliphatic heterocycles. The maximum absolute atomic E-state index is 13.0. The van der Waals surface area contributed by atoms with Crippen molar-refractivity contribution in [1.29, 1.82) is 0 Å².